The van der Waals surface area contributed by atoms with Gasteiger partial charge in [0.15, 0.2) is 0 Å². The van der Waals surface area contributed by atoms with Crippen molar-refractivity contribution in [1.82, 2.24) is 9.80 Å². The number of rotatable bonds is 4. The molecule has 84 valence electrons. The summed E-state index contributed by atoms with van der Waals surface area (Å²) in [6.45, 7) is 2.71. The Morgan fingerprint density at radius 1 is 1.43 bits per heavy atom. The summed E-state index contributed by atoms with van der Waals surface area (Å²) in [5, 5.41) is 18.8. The van der Waals surface area contributed by atoms with E-state index in [1.54, 1.807) is 0 Å². The lowest BCUT2D eigenvalue weighted by Gasteiger charge is -2.40. The molecule has 1 aliphatic heterocycles. The van der Waals surface area contributed by atoms with Crippen LogP contribution in [0, 0.1) is 0 Å². The Morgan fingerprint density at radius 3 is 2.71 bits per heavy atom. The highest BCUT2D eigenvalue weighted by molar-refractivity contribution is 4.85. The zero-order valence-corrected chi connectivity index (χ0v) is 9.19. The fourth-order valence-corrected chi connectivity index (χ4v) is 2.12. The van der Waals surface area contributed by atoms with Crippen molar-refractivity contribution in [3.63, 3.8) is 0 Å². The van der Waals surface area contributed by atoms with Gasteiger partial charge in [0, 0.05) is 19.1 Å². The highest BCUT2D eigenvalue weighted by atomic mass is 16.3. The van der Waals surface area contributed by atoms with Crippen LogP contribution in [0.4, 0.5) is 0 Å². The molecule has 1 fully saturated rings. The van der Waals surface area contributed by atoms with Crippen molar-refractivity contribution < 1.29 is 10.2 Å². The van der Waals surface area contributed by atoms with Gasteiger partial charge in [-0.25, -0.2) is 0 Å². The molecule has 1 saturated heterocycles. The first kappa shape index (κ1) is 11.9. The van der Waals surface area contributed by atoms with Gasteiger partial charge in [-0.2, -0.15) is 0 Å². The van der Waals surface area contributed by atoms with Crippen LogP contribution in [-0.2, 0) is 0 Å². The second-order valence-electron chi connectivity index (χ2n) is 4.30. The molecule has 1 aliphatic rings. The summed E-state index contributed by atoms with van der Waals surface area (Å²) >= 11 is 0. The van der Waals surface area contributed by atoms with Crippen molar-refractivity contribution in [3.05, 3.63) is 0 Å². The lowest BCUT2D eigenvalue weighted by Crippen LogP contribution is -2.53. The van der Waals surface area contributed by atoms with Crippen LogP contribution in [0.2, 0.25) is 0 Å². The van der Waals surface area contributed by atoms with Gasteiger partial charge < -0.3 is 15.1 Å². The molecule has 0 aromatic rings. The number of nitrogens with zero attached hydrogens (tertiary/aromatic N) is 2. The first-order valence-electron chi connectivity index (χ1n) is 5.33. The molecule has 4 heteroatoms. The molecular weight excluding hydrogens is 180 g/mol. The van der Waals surface area contributed by atoms with E-state index >= 15 is 0 Å². The summed E-state index contributed by atoms with van der Waals surface area (Å²) in [7, 11) is 4.02. The molecule has 0 saturated carbocycles. The van der Waals surface area contributed by atoms with Crippen LogP contribution in [0.5, 0.6) is 0 Å². The van der Waals surface area contributed by atoms with Crippen molar-refractivity contribution >= 4 is 0 Å². The van der Waals surface area contributed by atoms with Gasteiger partial charge in [0.2, 0.25) is 0 Å². The Morgan fingerprint density at radius 2 is 2.14 bits per heavy atom. The third kappa shape index (κ3) is 3.20. The van der Waals surface area contributed by atoms with Crippen LogP contribution in [0.15, 0.2) is 0 Å². The second kappa shape index (κ2) is 5.66. The van der Waals surface area contributed by atoms with Crippen LogP contribution >= 0.6 is 0 Å². The van der Waals surface area contributed by atoms with Crippen LogP contribution in [-0.4, -0.2) is 72.5 Å². The normalized spacial score (nSPS) is 29.8. The number of likely N-dealkylation sites (tertiary alicyclic amines) is 1. The van der Waals surface area contributed by atoms with E-state index in [-0.39, 0.29) is 18.8 Å². The summed E-state index contributed by atoms with van der Waals surface area (Å²) < 4.78 is 0. The highest BCUT2D eigenvalue weighted by Gasteiger charge is 2.29. The van der Waals surface area contributed by atoms with Crippen LogP contribution in [0.3, 0.4) is 0 Å². The third-order valence-corrected chi connectivity index (χ3v) is 2.80. The molecule has 0 spiro atoms. The molecular formula is C10H22N2O2. The Balaban J connectivity index is 2.51. The molecule has 14 heavy (non-hydrogen) atoms. The Labute approximate surface area is 86.1 Å². The number of aliphatic hydroxyl groups is 2. The quantitative estimate of drug-likeness (QED) is 0.637. The predicted octanol–water partition coefficient (Wildman–Crippen LogP) is -0.634. The zero-order chi connectivity index (χ0) is 10.6. The lowest BCUT2D eigenvalue weighted by atomic mass is 9.98. The third-order valence-electron chi connectivity index (χ3n) is 2.80. The van der Waals surface area contributed by atoms with Crippen molar-refractivity contribution in [2.45, 2.75) is 25.0 Å². The predicted molar refractivity (Wildman–Crippen MR) is 56.2 cm³/mol. The number of likely N-dealkylation sites (N-methyl/N-ethyl adjacent to an activating group) is 1. The summed E-state index contributed by atoms with van der Waals surface area (Å²) in [6.07, 6.45) is 1.68. The first-order chi connectivity index (χ1) is 6.65. The molecule has 0 radical (unpaired) electrons. The van der Waals surface area contributed by atoms with Crippen LogP contribution in [0.1, 0.15) is 12.8 Å². The van der Waals surface area contributed by atoms with Gasteiger partial charge in [0.05, 0.1) is 12.7 Å². The Kier molecular flexibility index (Phi) is 4.81. The molecule has 2 atom stereocenters. The number of hydrogen-bond acceptors (Lipinski definition) is 4. The molecule has 0 amide bonds. The topological polar surface area (TPSA) is 46.9 Å². The highest BCUT2D eigenvalue weighted by Crippen LogP contribution is 2.17. The summed E-state index contributed by atoms with van der Waals surface area (Å²) in [5.41, 5.74) is 0. The van der Waals surface area contributed by atoms with Crippen LogP contribution < -0.4 is 0 Å². The van der Waals surface area contributed by atoms with Crippen molar-refractivity contribution in [2.75, 3.05) is 40.3 Å². The van der Waals surface area contributed by atoms with Crippen molar-refractivity contribution in [2.24, 2.45) is 0 Å². The minimum absolute atomic E-state index is 0.177. The van der Waals surface area contributed by atoms with E-state index in [1.165, 1.54) is 0 Å². The lowest BCUT2D eigenvalue weighted by molar-refractivity contribution is -0.00664. The maximum atomic E-state index is 9.86. The summed E-state index contributed by atoms with van der Waals surface area (Å²) in [5.74, 6) is 0. The first-order valence-corrected chi connectivity index (χ1v) is 5.33. The molecule has 1 rings (SSSR count). The Hall–Kier alpha value is -0.160. The molecule has 2 N–H and O–H groups in total. The van der Waals surface area contributed by atoms with E-state index in [4.69, 9.17) is 5.11 Å². The molecule has 0 aromatic carbocycles. The zero-order valence-electron chi connectivity index (χ0n) is 9.19. The van der Waals surface area contributed by atoms with Gasteiger partial charge in [-0.15, -0.1) is 0 Å². The fraction of sp³-hybridized carbons (Fsp3) is 1.00. The van der Waals surface area contributed by atoms with Gasteiger partial charge in [-0.05, 0) is 33.5 Å². The second-order valence-corrected chi connectivity index (χ2v) is 4.30. The minimum atomic E-state index is -0.238. The molecule has 0 bridgehead atoms. The smallest absolute Gasteiger partial charge is 0.0708 e. The number of β-amino-alcohol motifs (C(OH)–C–C–N with tert-alkyl or cyclic N) is 1. The van der Waals surface area contributed by atoms with Gasteiger partial charge >= 0.3 is 0 Å². The summed E-state index contributed by atoms with van der Waals surface area (Å²) in [4.78, 5) is 4.28. The molecule has 1 heterocycles. The molecule has 4 nitrogen and oxygen atoms in total. The van der Waals surface area contributed by atoms with Gasteiger partial charge in [0.1, 0.15) is 0 Å². The largest absolute Gasteiger partial charge is 0.395 e. The number of aliphatic hydroxyl groups excluding tert-OH is 2. The Bertz CT molecular complexity index is 162. The van der Waals surface area contributed by atoms with E-state index < -0.39 is 0 Å². The van der Waals surface area contributed by atoms with Crippen molar-refractivity contribution in [1.29, 1.82) is 0 Å². The van der Waals surface area contributed by atoms with E-state index in [9.17, 15) is 5.11 Å². The molecule has 0 aliphatic carbocycles. The summed E-state index contributed by atoms with van der Waals surface area (Å²) in [6, 6.07) is 0.186. The maximum absolute atomic E-state index is 9.86. The minimum Gasteiger partial charge on any atom is -0.395 e. The average molecular weight is 202 g/mol. The van der Waals surface area contributed by atoms with E-state index in [0.29, 0.717) is 6.54 Å². The number of hydrogen-bond donors (Lipinski definition) is 2. The van der Waals surface area contributed by atoms with Gasteiger partial charge in [0.25, 0.3) is 0 Å². The SMILES string of the molecule is CN(C)C[C@H]1[C@@H](O)CCCN1CCO. The fourth-order valence-electron chi connectivity index (χ4n) is 2.12. The van der Waals surface area contributed by atoms with E-state index in [1.807, 2.05) is 14.1 Å². The number of piperidine rings is 1. The molecule has 0 aromatic heterocycles. The van der Waals surface area contributed by atoms with Gasteiger partial charge in [-0.1, -0.05) is 0 Å². The maximum Gasteiger partial charge on any atom is 0.0708 e. The average Bonchev–Trinajstić information content (AvgIpc) is 2.11. The van der Waals surface area contributed by atoms with E-state index in [0.717, 1.165) is 25.9 Å². The monoisotopic (exact) mass is 202 g/mol. The standard InChI is InChI=1S/C10H22N2O2/c1-11(2)8-9-10(14)4-3-5-12(9)6-7-13/h9-10,13-14H,3-8H2,1-2H3/t9-,10-/m0/s1. The molecule has 0 unspecified atom stereocenters. The van der Waals surface area contributed by atoms with Crippen molar-refractivity contribution in [3.8, 4) is 0 Å². The van der Waals surface area contributed by atoms with E-state index in [2.05, 4.69) is 9.80 Å². The van der Waals surface area contributed by atoms with Crippen LogP contribution in [0.25, 0.3) is 0 Å². The van der Waals surface area contributed by atoms with Gasteiger partial charge in [-0.3, -0.25) is 4.90 Å².